The first-order chi connectivity index (χ1) is 13.5. The predicted molar refractivity (Wildman–Crippen MR) is 115 cm³/mol. The van der Waals surface area contributed by atoms with Crippen LogP contribution in [0.15, 0.2) is 60.0 Å². The molecule has 28 heavy (non-hydrogen) atoms. The second-order valence-corrected chi connectivity index (χ2v) is 7.47. The number of fused-ring (bicyclic) bond motifs is 1. The van der Waals surface area contributed by atoms with Gasteiger partial charge in [-0.05, 0) is 52.2 Å². The first-order valence-corrected chi connectivity index (χ1v) is 9.46. The molecule has 3 aromatic heterocycles. The summed E-state index contributed by atoms with van der Waals surface area (Å²) in [6, 6.07) is 8.05. The first-order valence-electron chi connectivity index (χ1n) is 8.67. The molecule has 4 rings (SSSR count). The molecule has 0 bridgehead atoms. The second kappa shape index (κ2) is 7.09. The zero-order valence-corrected chi connectivity index (χ0v) is 17.0. The molecule has 1 aromatic carbocycles. The van der Waals surface area contributed by atoms with E-state index in [1.54, 1.807) is 10.9 Å². The lowest BCUT2D eigenvalue weighted by Gasteiger charge is -2.10. The lowest BCUT2D eigenvalue weighted by Crippen LogP contribution is -2.08. The number of benzene rings is 1. The monoisotopic (exact) mass is 435 g/mol. The average Bonchev–Trinajstić information content (AvgIpc) is 3.26. The summed E-state index contributed by atoms with van der Waals surface area (Å²) < 4.78 is 2.66. The number of carbonyl (C=O) groups excluding carboxylic acids is 1. The predicted octanol–water partition coefficient (Wildman–Crippen LogP) is 4.83. The summed E-state index contributed by atoms with van der Waals surface area (Å²) in [5, 5.41) is 8.16. The van der Waals surface area contributed by atoms with E-state index in [1.807, 2.05) is 50.6 Å². The number of nitrogens with zero attached hydrogens (tertiary/aromatic N) is 3. The lowest BCUT2D eigenvalue weighted by atomic mass is 9.98. The molecule has 1 amide bonds. The molecule has 0 aliphatic carbocycles. The minimum atomic E-state index is -0.240. The van der Waals surface area contributed by atoms with Gasteiger partial charge in [0.05, 0.1) is 11.9 Å². The van der Waals surface area contributed by atoms with Gasteiger partial charge in [-0.25, -0.2) is 4.98 Å². The molecule has 7 heteroatoms. The highest BCUT2D eigenvalue weighted by atomic mass is 79.9. The van der Waals surface area contributed by atoms with E-state index in [2.05, 4.69) is 42.9 Å². The highest BCUT2D eigenvalue weighted by molar-refractivity contribution is 9.10. The van der Waals surface area contributed by atoms with Crippen LogP contribution in [-0.2, 0) is 11.8 Å². The highest BCUT2D eigenvalue weighted by Gasteiger charge is 2.18. The van der Waals surface area contributed by atoms with Crippen LogP contribution >= 0.6 is 15.9 Å². The van der Waals surface area contributed by atoms with Crippen LogP contribution in [0.1, 0.15) is 5.56 Å². The molecule has 3 heterocycles. The number of H-pyrrole nitrogens is 1. The number of hydrogen-bond acceptors (Lipinski definition) is 3. The minimum absolute atomic E-state index is 0.240. The maximum Gasteiger partial charge on any atom is 0.247 e. The van der Waals surface area contributed by atoms with Crippen molar-refractivity contribution < 1.29 is 4.79 Å². The fraction of sp³-hybridized carbons (Fsp3) is 0.0952. The number of amides is 1. The Bertz CT molecular complexity index is 1220. The van der Waals surface area contributed by atoms with Crippen molar-refractivity contribution in [1.29, 1.82) is 0 Å². The quantitative estimate of drug-likeness (QED) is 0.450. The fourth-order valence-corrected chi connectivity index (χ4v) is 3.54. The van der Waals surface area contributed by atoms with Crippen LogP contribution in [0, 0.1) is 6.92 Å². The van der Waals surface area contributed by atoms with Crippen LogP contribution in [0.3, 0.4) is 0 Å². The number of carbonyl (C=O) groups is 1. The Hall–Kier alpha value is -3.19. The normalized spacial score (nSPS) is 11.0. The van der Waals surface area contributed by atoms with Crippen molar-refractivity contribution in [3.8, 4) is 22.4 Å². The van der Waals surface area contributed by atoms with Crippen LogP contribution < -0.4 is 5.32 Å². The highest BCUT2D eigenvalue weighted by Crippen LogP contribution is 2.39. The minimum Gasteiger partial charge on any atom is -0.339 e. The number of aromatic nitrogens is 4. The van der Waals surface area contributed by atoms with Crippen molar-refractivity contribution in [1.82, 2.24) is 19.7 Å². The Labute approximate surface area is 170 Å². The molecule has 0 saturated heterocycles. The Morgan fingerprint density at radius 3 is 2.82 bits per heavy atom. The van der Waals surface area contributed by atoms with Crippen molar-refractivity contribution in [3.05, 3.63) is 65.5 Å². The smallest absolute Gasteiger partial charge is 0.247 e. The van der Waals surface area contributed by atoms with Crippen molar-refractivity contribution in [2.45, 2.75) is 6.92 Å². The third-order valence-electron chi connectivity index (χ3n) is 4.58. The SMILES string of the molecule is C=CC(=O)Nc1cc(-c2c(-c3cnn(C)c3)[nH]c3ncc(Br)cc23)ccc1C. The summed E-state index contributed by atoms with van der Waals surface area (Å²) in [6.07, 6.45) is 6.80. The summed E-state index contributed by atoms with van der Waals surface area (Å²) in [7, 11) is 1.88. The molecule has 4 aromatic rings. The largest absolute Gasteiger partial charge is 0.339 e. The van der Waals surface area contributed by atoms with Gasteiger partial charge in [0.25, 0.3) is 0 Å². The third-order valence-corrected chi connectivity index (χ3v) is 5.01. The van der Waals surface area contributed by atoms with Gasteiger partial charge in [0.15, 0.2) is 0 Å². The van der Waals surface area contributed by atoms with Crippen LogP contribution in [0.4, 0.5) is 5.69 Å². The first kappa shape index (κ1) is 18.2. The maximum atomic E-state index is 11.8. The van der Waals surface area contributed by atoms with Gasteiger partial charge in [-0.15, -0.1) is 0 Å². The standard InChI is InChI=1S/C21H18BrN5O/c1-4-18(28)25-17-7-13(6-5-12(17)2)19-16-8-15(22)10-23-21(16)26-20(19)14-9-24-27(3)11-14/h4-11H,1H2,2-3H3,(H,23,26)(H,25,28). The summed E-state index contributed by atoms with van der Waals surface area (Å²) in [4.78, 5) is 19.7. The molecule has 0 spiro atoms. The van der Waals surface area contributed by atoms with Crippen molar-refractivity contribution >= 4 is 38.6 Å². The number of anilines is 1. The van der Waals surface area contributed by atoms with Gasteiger partial charge in [-0.2, -0.15) is 5.10 Å². The molecule has 0 aliphatic rings. The molecule has 0 atom stereocenters. The van der Waals surface area contributed by atoms with E-state index >= 15 is 0 Å². The van der Waals surface area contributed by atoms with E-state index < -0.39 is 0 Å². The summed E-state index contributed by atoms with van der Waals surface area (Å²) >= 11 is 3.52. The molecular weight excluding hydrogens is 418 g/mol. The lowest BCUT2D eigenvalue weighted by molar-refractivity contribution is -0.111. The molecular formula is C21H18BrN5O. The van der Waals surface area contributed by atoms with Crippen molar-refractivity contribution in [2.24, 2.45) is 7.05 Å². The maximum absolute atomic E-state index is 11.8. The van der Waals surface area contributed by atoms with Gasteiger partial charge in [-0.1, -0.05) is 18.7 Å². The summed E-state index contributed by atoms with van der Waals surface area (Å²) in [5.41, 5.74) is 6.37. The van der Waals surface area contributed by atoms with E-state index in [9.17, 15) is 4.79 Å². The van der Waals surface area contributed by atoms with Crippen LogP contribution in [0.2, 0.25) is 0 Å². The Morgan fingerprint density at radius 2 is 2.11 bits per heavy atom. The average molecular weight is 436 g/mol. The molecule has 2 N–H and O–H groups in total. The molecule has 6 nitrogen and oxygen atoms in total. The number of nitrogens with one attached hydrogen (secondary N) is 2. The zero-order chi connectivity index (χ0) is 19.8. The summed E-state index contributed by atoms with van der Waals surface area (Å²) in [5.74, 6) is -0.240. The van der Waals surface area contributed by atoms with Gasteiger partial charge in [0.1, 0.15) is 5.65 Å². The summed E-state index contributed by atoms with van der Waals surface area (Å²) in [6.45, 7) is 5.48. The molecule has 0 unspecified atom stereocenters. The van der Waals surface area contributed by atoms with Crippen LogP contribution in [0.5, 0.6) is 0 Å². The number of halogens is 1. The van der Waals surface area contributed by atoms with Gasteiger partial charge >= 0.3 is 0 Å². The van der Waals surface area contributed by atoms with Gasteiger partial charge in [0.2, 0.25) is 5.91 Å². The Balaban J connectivity index is 1.97. The number of pyridine rings is 1. The van der Waals surface area contributed by atoms with Crippen molar-refractivity contribution in [3.63, 3.8) is 0 Å². The van der Waals surface area contributed by atoms with E-state index in [1.165, 1.54) is 6.08 Å². The Morgan fingerprint density at radius 1 is 1.29 bits per heavy atom. The molecule has 0 saturated carbocycles. The van der Waals surface area contributed by atoms with Gasteiger partial charge in [-0.3, -0.25) is 9.48 Å². The van der Waals surface area contributed by atoms with E-state index in [0.29, 0.717) is 0 Å². The van der Waals surface area contributed by atoms with E-state index in [-0.39, 0.29) is 5.91 Å². The second-order valence-electron chi connectivity index (χ2n) is 6.55. The van der Waals surface area contributed by atoms with E-state index in [4.69, 9.17) is 0 Å². The number of rotatable bonds is 4. The van der Waals surface area contributed by atoms with Gasteiger partial charge in [0, 0.05) is 46.1 Å². The van der Waals surface area contributed by atoms with Crippen molar-refractivity contribution in [2.75, 3.05) is 5.32 Å². The topological polar surface area (TPSA) is 75.6 Å². The van der Waals surface area contributed by atoms with E-state index in [0.717, 1.165) is 49.1 Å². The number of aryl methyl sites for hydroxylation is 2. The fourth-order valence-electron chi connectivity index (χ4n) is 3.21. The number of aromatic amines is 1. The molecule has 0 radical (unpaired) electrons. The van der Waals surface area contributed by atoms with Gasteiger partial charge < -0.3 is 10.3 Å². The van der Waals surface area contributed by atoms with Crippen LogP contribution in [0.25, 0.3) is 33.4 Å². The molecule has 0 fully saturated rings. The third kappa shape index (κ3) is 3.25. The molecule has 0 aliphatic heterocycles. The zero-order valence-electron chi connectivity index (χ0n) is 15.5. The van der Waals surface area contributed by atoms with Crippen LogP contribution in [-0.4, -0.2) is 25.7 Å². The molecule has 140 valence electrons. The Kier molecular flexibility index (Phi) is 4.60. The number of hydrogen-bond donors (Lipinski definition) is 2.